The maximum Gasteiger partial charge on any atom is 0.191 e. The van der Waals surface area contributed by atoms with Gasteiger partial charge >= 0.3 is 0 Å². The Balaban J connectivity index is 1.40. The third-order valence-electron chi connectivity index (χ3n) is 4.85. The molecule has 2 aromatic rings. The lowest BCUT2D eigenvalue weighted by molar-refractivity contribution is -0.0390. The van der Waals surface area contributed by atoms with Crippen LogP contribution in [0.1, 0.15) is 30.9 Å². The summed E-state index contributed by atoms with van der Waals surface area (Å²) >= 11 is 0. The molecule has 1 aliphatic heterocycles. The Labute approximate surface area is 179 Å². The minimum Gasteiger partial charge on any atom is -0.492 e. The molecule has 2 aromatic carbocycles. The summed E-state index contributed by atoms with van der Waals surface area (Å²) in [6.07, 6.45) is 2.30. The van der Waals surface area contributed by atoms with E-state index in [0.29, 0.717) is 32.4 Å². The van der Waals surface area contributed by atoms with E-state index in [1.54, 1.807) is 0 Å². The van der Waals surface area contributed by atoms with Crippen LogP contribution in [0.3, 0.4) is 0 Å². The van der Waals surface area contributed by atoms with Crippen molar-refractivity contribution < 1.29 is 14.2 Å². The molecule has 1 aliphatic rings. The topological polar surface area (TPSA) is 64.1 Å². The van der Waals surface area contributed by atoms with E-state index in [-0.39, 0.29) is 0 Å². The van der Waals surface area contributed by atoms with Crippen molar-refractivity contribution >= 4 is 5.96 Å². The van der Waals surface area contributed by atoms with E-state index in [1.165, 1.54) is 11.1 Å². The van der Waals surface area contributed by atoms with Gasteiger partial charge in [-0.2, -0.15) is 0 Å². The summed E-state index contributed by atoms with van der Waals surface area (Å²) in [5, 5.41) is 6.59. The molecule has 0 amide bonds. The Kier molecular flexibility index (Phi) is 9.50. The molecule has 3 rings (SSSR count). The second-order valence-corrected chi connectivity index (χ2v) is 7.22. The first-order valence-corrected chi connectivity index (χ1v) is 10.8. The van der Waals surface area contributed by atoms with Crippen LogP contribution in [0.15, 0.2) is 59.6 Å². The van der Waals surface area contributed by atoms with Crippen LogP contribution in [0.5, 0.6) is 5.75 Å². The van der Waals surface area contributed by atoms with E-state index in [1.807, 2.05) is 30.3 Å². The number of ether oxygens (including phenoxy) is 3. The van der Waals surface area contributed by atoms with Crippen molar-refractivity contribution in [2.75, 3.05) is 32.9 Å². The lowest BCUT2D eigenvalue weighted by atomic mass is 10.1. The molecule has 0 aliphatic carbocycles. The van der Waals surface area contributed by atoms with Gasteiger partial charge in [0.25, 0.3) is 0 Å². The maximum atomic E-state index is 5.99. The molecule has 0 atom stereocenters. The van der Waals surface area contributed by atoms with Crippen LogP contribution >= 0.6 is 0 Å². The van der Waals surface area contributed by atoms with Gasteiger partial charge in [-0.1, -0.05) is 42.5 Å². The number of guanidine groups is 1. The highest BCUT2D eigenvalue weighted by Crippen LogP contribution is 2.14. The number of para-hydroxylation sites is 1. The van der Waals surface area contributed by atoms with Crippen LogP contribution in [0.25, 0.3) is 0 Å². The van der Waals surface area contributed by atoms with Gasteiger partial charge in [-0.15, -0.1) is 0 Å². The molecule has 1 heterocycles. The molecule has 0 saturated carbocycles. The first-order valence-electron chi connectivity index (χ1n) is 10.8. The number of nitrogens with zero attached hydrogens (tertiary/aromatic N) is 1. The van der Waals surface area contributed by atoms with Gasteiger partial charge < -0.3 is 24.8 Å². The Hall–Kier alpha value is -2.57. The van der Waals surface area contributed by atoms with E-state index in [9.17, 15) is 0 Å². The molecule has 1 saturated heterocycles. The van der Waals surface area contributed by atoms with Crippen molar-refractivity contribution in [3.63, 3.8) is 0 Å². The van der Waals surface area contributed by atoms with Gasteiger partial charge in [-0.25, -0.2) is 4.99 Å². The number of aliphatic imine (C=N–C) groups is 1. The quantitative estimate of drug-likeness (QED) is 0.356. The number of hydrogen-bond acceptors (Lipinski definition) is 4. The summed E-state index contributed by atoms with van der Waals surface area (Å²) in [6.45, 7) is 7.03. The summed E-state index contributed by atoms with van der Waals surface area (Å²) in [4.78, 5) is 4.67. The molecule has 30 heavy (non-hydrogen) atoms. The number of rotatable bonds is 10. The third-order valence-corrected chi connectivity index (χ3v) is 4.85. The normalized spacial score (nSPS) is 15.0. The highest BCUT2D eigenvalue weighted by Gasteiger charge is 2.13. The number of hydrogen-bond donors (Lipinski definition) is 2. The van der Waals surface area contributed by atoms with E-state index in [2.05, 4.69) is 46.8 Å². The van der Waals surface area contributed by atoms with Crippen LogP contribution in [-0.4, -0.2) is 45.0 Å². The number of benzene rings is 2. The predicted octanol–water partition coefficient (Wildman–Crippen LogP) is 3.52. The van der Waals surface area contributed by atoms with Gasteiger partial charge in [-0.3, -0.25) is 0 Å². The van der Waals surface area contributed by atoms with Gasteiger partial charge in [0, 0.05) is 19.8 Å². The van der Waals surface area contributed by atoms with Gasteiger partial charge in [0.15, 0.2) is 5.96 Å². The van der Waals surface area contributed by atoms with Crippen molar-refractivity contribution in [3.05, 3.63) is 65.7 Å². The molecular formula is C24H33N3O3. The van der Waals surface area contributed by atoms with Crippen LogP contribution in [0, 0.1) is 0 Å². The van der Waals surface area contributed by atoms with E-state index >= 15 is 0 Å². The minimum atomic E-state index is 0.322. The summed E-state index contributed by atoms with van der Waals surface area (Å²) in [5.41, 5.74) is 2.36. The van der Waals surface area contributed by atoms with Crippen molar-refractivity contribution in [1.29, 1.82) is 0 Å². The van der Waals surface area contributed by atoms with Gasteiger partial charge in [0.05, 0.1) is 25.8 Å². The monoisotopic (exact) mass is 411 g/mol. The second kappa shape index (κ2) is 12.9. The largest absolute Gasteiger partial charge is 0.492 e. The molecule has 0 radical (unpaired) electrons. The SMILES string of the molecule is CCNC(=NCc1ccc(COC2CCOCC2)cc1)NCCOc1ccccc1. The van der Waals surface area contributed by atoms with Crippen molar-refractivity contribution in [2.45, 2.75) is 39.0 Å². The molecule has 162 valence electrons. The lowest BCUT2D eigenvalue weighted by Gasteiger charge is -2.22. The van der Waals surface area contributed by atoms with E-state index < -0.39 is 0 Å². The zero-order valence-electron chi connectivity index (χ0n) is 17.8. The van der Waals surface area contributed by atoms with Crippen LogP contribution < -0.4 is 15.4 Å². The zero-order valence-corrected chi connectivity index (χ0v) is 17.8. The van der Waals surface area contributed by atoms with Gasteiger partial charge in [-0.05, 0) is 43.0 Å². The predicted molar refractivity (Wildman–Crippen MR) is 120 cm³/mol. The van der Waals surface area contributed by atoms with Crippen LogP contribution in [0.4, 0.5) is 0 Å². The van der Waals surface area contributed by atoms with Crippen molar-refractivity contribution in [1.82, 2.24) is 10.6 Å². The maximum absolute atomic E-state index is 5.99. The smallest absolute Gasteiger partial charge is 0.191 e. The Morgan fingerprint density at radius 1 is 1.00 bits per heavy atom. The second-order valence-electron chi connectivity index (χ2n) is 7.22. The average Bonchev–Trinajstić information content (AvgIpc) is 2.81. The molecule has 6 heteroatoms. The van der Waals surface area contributed by atoms with Crippen LogP contribution in [0.2, 0.25) is 0 Å². The molecule has 0 aromatic heterocycles. The molecular weight excluding hydrogens is 378 g/mol. The standard InChI is InChI=1S/C24H33N3O3/c1-2-25-24(26-14-17-29-22-6-4-3-5-7-22)27-18-20-8-10-21(11-9-20)19-30-23-12-15-28-16-13-23/h3-11,23H,2,12-19H2,1H3,(H2,25,26,27). The van der Waals surface area contributed by atoms with Gasteiger partial charge in [0.1, 0.15) is 12.4 Å². The highest BCUT2D eigenvalue weighted by atomic mass is 16.5. The first-order chi connectivity index (χ1) is 14.8. The van der Waals surface area contributed by atoms with Gasteiger partial charge in [0.2, 0.25) is 0 Å². The van der Waals surface area contributed by atoms with Crippen LogP contribution in [-0.2, 0) is 22.6 Å². The Morgan fingerprint density at radius 3 is 2.47 bits per heavy atom. The molecule has 2 N–H and O–H groups in total. The average molecular weight is 412 g/mol. The van der Waals surface area contributed by atoms with Crippen molar-refractivity contribution in [2.24, 2.45) is 4.99 Å². The fourth-order valence-corrected chi connectivity index (χ4v) is 3.16. The lowest BCUT2D eigenvalue weighted by Crippen LogP contribution is -2.39. The summed E-state index contributed by atoms with van der Waals surface area (Å²) in [6, 6.07) is 18.3. The fourth-order valence-electron chi connectivity index (χ4n) is 3.16. The molecule has 0 bridgehead atoms. The molecule has 1 fully saturated rings. The fraction of sp³-hybridized carbons (Fsp3) is 0.458. The van der Waals surface area contributed by atoms with E-state index in [0.717, 1.165) is 44.3 Å². The first kappa shape index (κ1) is 22.1. The van der Waals surface area contributed by atoms with Crippen molar-refractivity contribution in [3.8, 4) is 5.75 Å². The summed E-state index contributed by atoms with van der Waals surface area (Å²) < 4.78 is 17.1. The molecule has 6 nitrogen and oxygen atoms in total. The molecule has 0 unspecified atom stereocenters. The summed E-state index contributed by atoms with van der Waals surface area (Å²) in [5.74, 6) is 1.67. The van der Waals surface area contributed by atoms with E-state index in [4.69, 9.17) is 14.2 Å². The Bertz CT molecular complexity index is 744. The minimum absolute atomic E-state index is 0.322. The third kappa shape index (κ3) is 8.05. The zero-order chi connectivity index (χ0) is 20.9. The number of nitrogens with one attached hydrogen (secondary N) is 2. The highest BCUT2D eigenvalue weighted by molar-refractivity contribution is 5.79. The molecule has 0 spiro atoms. The Morgan fingerprint density at radius 2 is 1.73 bits per heavy atom. The summed E-state index contributed by atoms with van der Waals surface area (Å²) in [7, 11) is 0.